The third-order valence-electron chi connectivity index (χ3n) is 4.76. The highest BCUT2D eigenvalue weighted by Gasteiger charge is 2.57. The lowest BCUT2D eigenvalue weighted by molar-refractivity contribution is -0.156. The summed E-state index contributed by atoms with van der Waals surface area (Å²) in [7, 11) is 0. The van der Waals surface area contributed by atoms with E-state index in [2.05, 4.69) is 9.84 Å². The van der Waals surface area contributed by atoms with Gasteiger partial charge < -0.3 is 4.74 Å². The lowest BCUT2D eigenvalue weighted by atomic mass is 9.87. The van der Waals surface area contributed by atoms with Gasteiger partial charge in [0.25, 0.3) is 5.92 Å². The summed E-state index contributed by atoms with van der Waals surface area (Å²) in [5.41, 5.74) is -4.54. The molecule has 0 bridgehead atoms. The van der Waals surface area contributed by atoms with E-state index in [0.29, 0.717) is 4.68 Å². The molecule has 2 atom stereocenters. The molecule has 0 saturated heterocycles. The highest BCUT2D eigenvalue weighted by atomic mass is 19.4. The number of hydrogen-bond donors (Lipinski definition) is 0. The predicted molar refractivity (Wildman–Crippen MR) is 90.5 cm³/mol. The van der Waals surface area contributed by atoms with Crippen molar-refractivity contribution in [3.63, 3.8) is 0 Å². The van der Waals surface area contributed by atoms with Crippen LogP contribution in [0.4, 0.5) is 39.5 Å². The molecular weight excluding hydrogens is 459 g/mol. The zero-order valence-electron chi connectivity index (χ0n) is 16.0. The van der Waals surface area contributed by atoms with Crippen molar-refractivity contribution in [2.75, 3.05) is 0 Å². The minimum absolute atomic E-state index is 0.238. The largest absolute Gasteiger partial charge is 0.447 e. The first-order valence-corrected chi connectivity index (χ1v) is 9.23. The molecule has 0 aliphatic heterocycles. The smallest absolute Gasteiger partial charge is 0.435 e. The molecule has 176 valence electrons. The monoisotopic (exact) mass is 474 g/mol. The molecule has 4 nitrogen and oxygen atoms in total. The molecule has 3 rings (SSSR count). The van der Waals surface area contributed by atoms with E-state index < -0.39 is 79.3 Å². The summed E-state index contributed by atoms with van der Waals surface area (Å²) in [6.45, 7) is -0.802. The van der Waals surface area contributed by atoms with Gasteiger partial charge in [0.2, 0.25) is 0 Å². The van der Waals surface area contributed by atoms with Gasteiger partial charge in [-0.1, -0.05) is 18.2 Å². The molecule has 1 heterocycles. The lowest BCUT2D eigenvalue weighted by Crippen LogP contribution is -2.37. The summed E-state index contributed by atoms with van der Waals surface area (Å²) in [6, 6.07) is 6.56. The van der Waals surface area contributed by atoms with E-state index in [4.69, 9.17) is 0 Å². The Morgan fingerprint density at radius 2 is 1.75 bits per heavy atom. The molecule has 1 aliphatic rings. The van der Waals surface area contributed by atoms with E-state index in [1.807, 2.05) is 0 Å². The van der Waals surface area contributed by atoms with Gasteiger partial charge >= 0.3 is 18.3 Å². The van der Waals surface area contributed by atoms with Gasteiger partial charge in [0.05, 0.1) is 23.2 Å². The summed E-state index contributed by atoms with van der Waals surface area (Å²) >= 11 is 0. The second-order valence-electron chi connectivity index (χ2n) is 7.17. The van der Waals surface area contributed by atoms with Gasteiger partial charge in [0, 0.05) is 13.0 Å². The number of aromatic nitrogens is 2. The summed E-state index contributed by atoms with van der Waals surface area (Å²) in [4.78, 5) is 12.3. The van der Waals surface area contributed by atoms with E-state index in [9.17, 15) is 44.3 Å². The highest BCUT2D eigenvalue weighted by Crippen LogP contribution is 2.53. The van der Waals surface area contributed by atoms with Crippen molar-refractivity contribution in [3.8, 4) is 0 Å². The van der Waals surface area contributed by atoms with Crippen molar-refractivity contribution < 1.29 is 49.0 Å². The number of rotatable bonds is 5. The van der Waals surface area contributed by atoms with E-state index in [1.165, 1.54) is 30.3 Å². The van der Waals surface area contributed by atoms with Gasteiger partial charge in [-0.3, -0.25) is 4.68 Å². The lowest BCUT2D eigenvalue weighted by Gasteiger charge is -2.33. The Morgan fingerprint density at radius 3 is 2.31 bits per heavy atom. The molecule has 0 radical (unpaired) electrons. The zero-order valence-corrected chi connectivity index (χ0v) is 16.0. The molecule has 0 saturated carbocycles. The Hall–Kier alpha value is -2.73. The third-order valence-corrected chi connectivity index (χ3v) is 4.76. The van der Waals surface area contributed by atoms with Crippen molar-refractivity contribution in [3.05, 3.63) is 52.8 Å². The normalized spacial score (nSPS) is 20.7. The Labute approximate surface area is 175 Å². The number of aryl methyl sites for hydroxylation is 1. The molecule has 0 amide bonds. The molecular formula is C19H15F9N2O2. The van der Waals surface area contributed by atoms with E-state index in [1.54, 1.807) is 0 Å². The van der Waals surface area contributed by atoms with Gasteiger partial charge in [-0.2, -0.15) is 31.4 Å². The van der Waals surface area contributed by atoms with Crippen LogP contribution < -0.4 is 0 Å². The Kier molecular flexibility index (Phi) is 6.22. The number of benzene rings is 1. The van der Waals surface area contributed by atoms with E-state index in [0.717, 1.165) is 0 Å². The molecule has 2 aromatic rings. The zero-order chi connectivity index (χ0) is 23.9. The first-order valence-electron chi connectivity index (χ1n) is 9.23. The summed E-state index contributed by atoms with van der Waals surface area (Å²) in [5.74, 6) is -5.60. The topological polar surface area (TPSA) is 44.1 Å². The van der Waals surface area contributed by atoms with Crippen LogP contribution >= 0.6 is 0 Å². The first kappa shape index (κ1) is 23.9. The first-order chi connectivity index (χ1) is 14.7. The van der Waals surface area contributed by atoms with Crippen LogP contribution in [0.1, 0.15) is 58.8 Å². The average Bonchev–Trinajstić information content (AvgIpc) is 3.04. The fraction of sp³-hybridized carbons (Fsp3) is 0.474. The van der Waals surface area contributed by atoms with Crippen LogP contribution in [-0.4, -0.2) is 27.8 Å². The quantitative estimate of drug-likeness (QED) is 0.383. The van der Waals surface area contributed by atoms with Gasteiger partial charge in [-0.25, -0.2) is 18.0 Å². The number of carbonyl (C=O) groups is 1. The molecule has 0 N–H and O–H groups in total. The number of nitrogens with zero attached hydrogens (tertiary/aromatic N) is 2. The molecule has 0 spiro atoms. The molecule has 1 aromatic carbocycles. The van der Waals surface area contributed by atoms with Crippen LogP contribution in [0, 0.1) is 0 Å². The van der Waals surface area contributed by atoms with Crippen LogP contribution in [0.15, 0.2) is 30.3 Å². The van der Waals surface area contributed by atoms with Gasteiger partial charge in [0.15, 0.2) is 11.8 Å². The number of alkyl halides is 9. The maximum atomic E-state index is 14.6. The Balaban J connectivity index is 2.05. The Bertz CT molecular complexity index is 968. The second kappa shape index (κ2) is 8.32. The molecule has 0 fully saturated rings. The number of esters is 1. The van der Waals surface area contributed by atoms with Crippen molar-refractivity contribution in [1.29, 1.82) is 0 Å². The number of fused-ring (bicyclic) bond motifs is 1. The minimum atomic E-state index is -5.36. The van der Waals surface area contributed by atoms with Crippen molar-refractivity contribution in [2.24, 2.45) is 0 Å². The SMILES string of the molecule is O=C(O[C@H]1c2c(C(F)(F)F)nn(CCCC(F)(F)F)c2C(F)CC1(F)F)c1ccccc1. The van der Waals surface area contributed by atoms with Crippen LogP contribution in [-0.2, 0) is 17.5 Å². The molecule has 1 aliphatic carbocycles. The number of hydrogen-bond acceptors (Lipinski definition) is 3. The van der Waals surface area contributed by atoms with Gasteiger partial charge in [0.1, 0.15) is 6.17 Å². The highest BCUT2D eigenvalue weighted by molar-refractivity contribution is 5.89. The van der Waals surface area contributed by atoms with Crippen molar-refractivity contribution in [1.82, 2.24) is 9.78 Å². The maximum Gasteiger partial charge on any atom is 0.435 e. The van der Waals surface area contributed by atoms with Crippen LogP contribution in [0.2, 0.25) is 0 Å². The standard InChI is InChI=1S/C19H15F9N2O2/c20-11-9-17(21,22)15(32-16(31)10-5-2-1-3-6-10)12-13(11)30(8-4-7-18(23,24)25)29-14(12)19(26,27)28/h1-3,5-6,11,15H,4,7-9H2/t11?,15-/m0/s1. The average molecular weight is 474 g/mol. The minimum Gasteiger partial charge on any atom is -0.447 e. The molecule has 1 unspecified atom stereocenters. The fourth-order valence-electron chi connectivity index (χ4n) is 3.44. The van der Waals surface area contributed by atoms with Gasteiger partial charge in [-0.05, 0) is 18.6 Å². The number of carbonyl (C=O) groups excluding carboxylic acids is 1. The molecule has 13 heteroatoms. The summed E-state index contributed by atoms with van der Waals surface area (Å²) in [6.07, 6.45) is -19.3. The van der Waals surface area contributed by atoms with Crippen LogP contribution in [0.3, 0.4) is 0 Å². The Morgan fingerprint density at radius 1 is 1.12 bits per heavy atom. The third kappa shape index (κ3) is 5.01. The predicted octanol–water partition coefficient (Wildman–Crippen LogP) is 6.19. The van der Waals surface area contributed by atoms with Gasteiger partial charge in [-0.15, -0.1) is 0 Å². The van der Waals surface area contributed by atoms with E-state index in [-0.39, 0.29) is 5.56 Å². The summed E-state index contributed by atoms with van der Waals surface area (Å²) in [5, 5.41) is 3.09. The second-order valence-corrected chi connectivity index (χ2v) is 7.17. The van der Waals surface area contributed by atoms with Crippen LogP contribution in [0.25, 0.3) is 0 Å². The van der Waals surface area contributed by atoms with Crippen LogP contribution in [0.5, 0.6) is 0 Å². The molecule has 1 aromatic heterocycles. The van der Waals surface area contributed by atoms with Crippen molar-refractivity contribution in [2.45, 2.75) is 56.4 Å². The summed E-state index contributed by atoms with van der Waals surface area (Å²) < 4.78 is 127. The number of halogens is 9. The van der Waals surface area contributed by atoms with Crippen molar-refractivity contribution >= 4 is 5.97 Å². The molecule has 32 heavy (non-hydrogen) atoms. The number of ether oxygens (including phenoxy) is 1. The maximum absolute atomic E-state index is 14.6. The van der Waals surface area contributed by atoms with E-state index >= 15 is 0 Å². The fourth-order valence-corrected chi connectivity index (χ4v) is 3.44.